The minimum atomic E-state index is -0.752. The Bertz CT molecular complexity index is 449. The summed E-state index contributed by atoms with van der Waals surface area (Å²) in [7, 11) is 3.25. The molecule has 0 aliphatic rings. The molecular formula is C12H16ClN3O2. The van der Waals surface area contributed by atoms with E-state index in [0.29, 0.717) is 10.7 Å². The molecule has 0 radical (unpaired) electrons. The van der Waals surface area contributed by atoms with E-state index in [1.165, 1.54) is 4.90 Å². The average Bonchev–Trinajstić information content (AvgIpc) is 2.27. The van der Waals surface area contributed by atoms with Crippen LogP contribution < -0.4 is 11.1 Å². The standard InChI is InChI=1S/C12H16ClN3O2/c1-16(2)11(17)7-10(12(14)18)15-9-5-3-4-8(13)6-9/h3-6,10,15H,7H2,1-2H3,(H2,14,18). The summed E-state index contributed by atoms with van der Waals surface area (Å²) < 4.78 is 0. The van der Waals surface area contributed by atoms with E-state index in [2.05, 4.69) is 5.32 Å². The number of amides is 2. The fourth-order valence-corrected chi connectivity index (χ4v) is 1.55. The number of carbonyl (C=O) groups excluding carboxylic acids is 2. The van der Waals surface area contributed by atoms with E-state index in [4.69, 9.17) is 17.3 Å². The number of carbonyl (C=O) groups is 2. The third kappa shape index (κ3) is 4.25. The molecule has 3 N–H and O–H groups in total. The van der Waals surface area contributed by atoms with E-state index in [0.717, 1.165) is 0 Å². The van der Waals surface area contributed by atoms with Crippen LogP contribution in [0.2, 0.25) is 5.02 Å². The van der Waals surface area contributed by atoms with Gasteiger partial charge in [-0.1, -0.05) is 17.7 Å². The Morgan fingerprint density at radius 1 is 1.44 bits per heavy atom. The fraction of sp³-hybridized carbons (Fsp3) is 0.333. The summed E-state index contributed by atoms with van der Waals surface area (Å²) in [6.45, 7) is 0. The first-order chi connectivity index (χ1) is 8.40. The van der Waals surface area contributed by atoms with Gasteiger partial charge in [-0.25, -0.2) is 0 Å². The highest BCUT2D eigenvalue weighted by atomic mass is 35.5. The van der Waals surface area contributed by atoms with Crippen molar-refractivity contribution < 1.29 is 9.59 Å². The van der Waals surface area contributed by atoms with Gasteiger partial charge < -0.3 is 16.0 Å². The normalized spacial score (nSPS) is 11.7. The predicted octanol–water partition coefficient (Wildman–Crippen LogP) is 1.08. The van der Waals surface area contributed by atoms with Crippen LogP contribution in [0.15, 0.2) is 24.3 Å². The van der Waals surface area contributed by atoms with Gasteiger partial charge in [-0.3, -0.25) is 9.59 Å². The molecule has 1 aromatic rings. The van der Waals surface area contributed by atoms with Crippen LogP contribution >= 0.6 is 11.6 Å². The quantitative estimate of drug-likeness (QED) is 0.840. The van der Waals surface area contributed by atoms with Gasteiger partial charge in [0.25, 0.3) is 0 Å². The minimum absolute atomic E-state index is 0.00878. The number of nitrogens with two attached hydrogens (primary N) is 1. The van der Waals surface area contributed by atoms with Crippen molar-refractivity contribution >= 4 is 29.1 Å². The van der Waals surface area contributed by atoms with Crippen LogP contribution in [0.4, 0.5) is 5.69 Å². The summed E-state index contributed by atoms with van der Waals surface area (Å²) in [4.78, 5) is 24.3. The monoisotopic (exact) mass is 269 g/mol. The van der Waals surface area contributed by atoms with Crippen molar-refractivity contribution in [2.24, 2.45) is 5.73 Å². The zero-order valence-electron chi connectivity index (χ0n) is 10.3. The molecule has 6 heteroatoms. The highest BCUT2D eigenvalue weighted by molar-refractivity contribution is 6.30. The van der Waals surface area contributed by atoms with Gasteiger partial charge in [-0.2, -0.15) is 0 Å². The predicted molar refractivity (Wildman–Crippen MR) is 71.4 cm³/mol. The fourth-order valence-electron chi connectivity index (χ4n) is 1.36. The first-order valence-corrected chi connectivity index (χ1v) is 5.79. The van der Waals surface area contributed by atoms with Crippen molar-refractivity contribution in [2.45, 2.75) is 12.5 Å². The molecule has 5 nitrogen and oxygen atoms in total. The first kappa shape index (κ1) is 14.3. The van der Waals surface area contributed by atoms with Gasteiger partial charge >= 0.3 is 0 Å². The smallest absolute Gasteiger partial charge is 0.240 e. The van der Waals surface area contributed by atoms with E-state index in [-0.39, 0.29) is 12.3 Å². The number of nitrogens with zero attached hydrogens (tertiary/aromatic N) is 1. The summed E-state index contributed by atoms with van der Waals surface area (Å²) in [5.41, 5.74) is 5.92. The summed E-state index contributed by atoms with van der Waals surface area (Å²) in [6.07, 6.45) is 0.00878. The third-order valence-corrected chi connectivity index (χ3v) is 2.62. The summed E-state index contributed by atoms with van der Waals surface area (Å²) >= 11 is 5.83. The van der Waals surface area contributed by atoms with Gasteiger partial charge in [0.1, 0.15) is 6.04 Å². The van der Waals surface area contributed by atoms with Crippen LogP contribution in [0.1, 0.15) is 6.42 Å². The van der Waals surface area contributed by atoms with Crippen LogP contribution in [0.3, 0.4) is 0 Å². The molecule has 0 saturated carbocycles. The van der Waals surface area contributed by atoms with Gasteiger partial charge in [-0.05, 0) is 18.2 Å². The van der Waals surface area contributed by atoms with Gasteiger partial charge in [-0.15, -0.1) is 0 Å². The Kier molecular flexibility index (Phi) is 4.97. The molecule has 18 heavy (non-hydrogen) atoms. The van der Waals surface area contributed by atoms with Crippen LogP contribution in [0, 0.1) is 0 Å². The van der Waals surface area contributed by atoms with Crippen molar-refractivity contribution in [3.8, 4) is 0 Å². The second kappa shape index (κ2) is 6.26. The molecule has 0 aliphatic carbocycles. The number of halogens is 1. The maximum atomic E-state index is 11.6. The second-order valence-corrected chi connectivity index (χ2v) is 4.54. The lowest BCUT2D eigenvalue weighted by Crippen LogP contribution is -2.39. The lowest BCUT2D eigenvalue weighted by Gasteiger charge is -2.18. The van der Waals surface area contributed by atoms with Crippen molar-refractivity contribution in [1.82, 2.24) is 4.90 Å². The number of nitrogens with one attached hydrogen (secondary N) is 1. The number of hydrogen-bond donors (Lipinski definition) is 2. The van der Waals surface area contributed by atoms with Gasteiger partial charge in [0.15, 0.2) is 0 Å². The maximum Gasteiger partial charge on any atom is 0.240 e. The Hall–Kier alpha value is -1.75. The van der Waals surface area contributed by atoms with E-state index in [9.17, 15) is 9.59 Å². The number of primary amides is 1. The van der Waals surface area contributed by atoms with Gasteiger partial charge in [0, 0.05) is 24.8 Å². The van der Waals surface area contributed by atoms with Crippen molar-refractivity contribution in [2.75, 3.05) is 19.4 Å². The first-order valence-electron chi connectivity index (χ1n) is 5.41. The van der Waals surface area contributed by atoms with E-state index < -0.39 is 11.9 Å². The van der Waals surface area contributed by atoms with Crippen molar-refractivity contribution in [3.05, 3.63) is 29.3 Å². The van der Waals surface area contributed by atoms with Crippen LogP contribution in [0.5, 0.6) is 0 Å². The van der Waals surface area contributed by atoms with Crippen molar-refractivity contribution in [1.29, 1.82) is 0 Å². The molecule has 1 rings (SSSR count). The molecule has 1 aromatic carbocycles. The molecule has 98 valence electrons. The highest BCUT2D eigenvalue weighted by Crippen LogP contribution is 2.16. The molecule has 2 amide bonds. The molecule has 0 bridgehead atoms. The van der Waals surface area contributed by atoms with Crippen LogP contribution in [0.25, 0.3) is 0 Å². The van der Waals surface area contributed by atoms with Crippen molar-refractivity contribution in [3.63, 3.8) is 0 Å². The number of hydrogen-bond acceptors (Lipinski definition) is 3. The van der Waals surface area contributed by atoms with E-state index in [1.807, 2.05) is 0 Å². The largest absolute Gasteiger partial charge is 0.373 e. The minimum Gasteiger partial charge on any atom is -0.373 e. The van der Waals surface area contributed by atoms with Gasteiger partial charge in [0.05, 0.1) is 6.42 Å². The molecule has 0 aliphatic heterocycles. The number of anilines is 1. The number of benzene rings is 1. The molecule has 0 fully saturated rings. The molecule has 0 spiro atoms. The zero-order valence-corrected chi connectivity index (χ0v) is 11.1. The number of rotatable bonds is 5. The van der Waals surface area contributed by atoms with E-state index in [1.54, 1.807) is 38.4 Å². The second-order valence-electron chi connectivity index (χ2n) is 4.10. The third-order valence-electron chi connectivity index (χ3n) is 2.39. The SMILES string of the molecule is CN(C)C(=O)CC(Nc1cccc(Cl)c1)C(N)=O. The lowest BCUT2D eigenvalue weighted by molar-refractivity contribution is -0.131. The molecule has 0 saturated heterocycles. The Morgan fingerprint density at radius 2 is 2.11 bits per heavy atom. The maximum absolute atomic E-state index is 11.6. The topological polar surface area (TPSA) is 75.4 Å². The molecular weight excluding hydrogens is 254 g/mol. The van der Waals surface area contributed by atoms with E-state index >= 15 is 0 Å². The van der Waals surface area contributed by atoms with Crippen LogP contribution in [-0.2, 0) is 9.59 Å². The van der Waals surface area contributed by atoms with Gasteiger partial charge in [0.2, 0.25) is 11.8 Å². The molecule has 0 aromatic heterocycles. The Morgan fingerprint density at radius 3 is 2.61 bits per heavy atom. The highest BCUT2D eigenvalue weighted by Gasteiger charge is 2.20. The average molecular weight is 270 g/mol. The molecule has 1 unspecified atom stereocenters. The summed E-state index contributed by atoms with van der Waals surface area (Å²) in [6, 6.07) is 6.13. The summed E-state index contributed by atoms with van der Waals surface area (Å²) in [5.74, 6) is -0.751. The Labute approximate surface area is 111 Å². The lowest BCUT2D eigenvalue weighted by atomic mass is 10.1. The Balaban J connectivity index is 2.75. The summed E-state index contributed by atoms with van der Waals surface area (Å²) in [5, 5.41) is 3.44. The van der Waals surface area contributed by atoms with Crippen LogP contribution in [-0.4, -0.2) is 36.9 Å². The molecule has 1 atom stereocenters. The molecule has 0 heterocycles. The zero-order chi connectivity index (χ0) is 13.7.